The Balaban J connectivity index is 1.11. The summed E-state index contributed by atoms with van der Waals surface area (Å²) < 4.78 is 5.98. The highest BCUT2D eigenvalue weighted by Gasteiger charge is 2.53. The number of aromatic nitrogens is 2. The highest BCUT2D eigenvalue weighted by atomic mass is 32.2. The Hall–Kier alpha value is -4.48. The molecule has 9 nitrogen and oxygen atoms in total. The lowest BCUT2D eigenvalue weighted by Gasteiger charge is -2.48. The molecule has 2 aromatic heterocycles. The van der Waals surface area contributed by atoms with E-state index in [1.54, 1.807) is 23.7 Å². The molecule has 0 spiro atoms. The van der Waals surface area contributed by atoms with Crippen molar-refractivity contribution in [1.82, 2.24) is 20.2 Å². The number of pyridine rings is 1. The molecule has 0 aliphatic carbocycles. The molecule has 2 aliphatic rings. The van der Waals surface area contributed by atoms with Crippen molar-refractivity contribution in [1.29, 1.82) is 0 Å². The molecule has 1 saturated heterocycles. The Morgan fingerprint density at radius 1 is 1.05 bits per heavy atom. The SMILES string of the molecule is O=C(Cc1csc(-c2ncccc2O)n1)N[C@@H]1C(=O)N2C(C(=O)OC(c3ccccc3)c3ccccc3)=CCS[C@H]12. The third-order valence-electron chi connectivity index (χ3n) is 6.68. The summed E-state index contributed by atoms with van der Waals surface area (Å²) in [6.45, 7) is 0. The van der Waals surface area contributed by atoms with Crippen molar-refractivity contribution in [2.75, 3.05) is 5.75 Å². The summed E-state index contributed by atoms with van der Waals surface area (Å²) in [4.78, 5) is 49.3. The maximum atomic E-state index is 13.4. The van der Waals surface area contributed by atoms with Crippen LogP contribution in [-0.4, -0.2) is 54.9 Å². The summed E-state index contributed by atoms with van der Waals surface area (Å²) in [5.74, 6) is -0.826. The summed E-state index contributed by atoms with van der Waals surface area (Å²) in [5, 5.41) is 14.6. The lowest BCUT2D eigenvalue weighted by molar-refractivity contribution is -0.154. The molecule has 4 aromatic rings. The maximum Gasteiger partial charge on any atom is 0.355 e. The predicted molar refractivity (Wildman–Crippen MR) is 155 cm³/mol. The van der Waals surface area contributed by atoms with Crippen LogP contribution in [0.25, 0.3) is 10.7 Å². The average Bonchev–Trinajstić information content (AvgIpc) is 3.47. The normalized spacial score (nSPS) is 17.8. The number of hydrogen-bond donors (Lipinski definition) is 2. The number of thiazole rings is 1. The molecule has 41 heavy (non-hydrogen) atoms. The number of esters is 1. The van der Waals surface area contributed by atoms with Crippen LogP contribution in [0.3, 0.4) is 0 Å². The van der Waals surface area contributed by atoms with E-state index in [0.29, 0.717) is 22.1 Å². The molecule has 4 heterocycles. The second-order valence-electron chi connectivity index (χ2n) is 9.37. The number of amides is 2. The molecular weight excluding hydrogens is 560 g/mol. The van der Waals surface area contributed by atoms with Gasteiger partial charge in [-0.3, -0.25) is 14.5 Å². The number of carbonyl (C=O) groups is 3. The Kier molecular flexibility index (Phi) is 7.53. The number of nitrogens with one attached hydrogen (secondary N) is 1. The monoisotopic (exact) mass is 584 g/mol. The Bertz CT molecular complexity index is 1590. The average molecular weight is 585 g/mol. The van der Waals surface area contributed by atoms with Crippen molar-refractivity contribution < 1.29 is 24.2 Å². The minimum atomic E-state index is -0.763. The van der Waals surface area contributed by atoms with Crippen LogP contribution in [-0.2, 0) is 25.5 Å². The Morgan fingerprint density at radius 3 is 2.44 bits per heavy atom. The zero-order valence-corrected chi connectivity index (χ0v) is 23.2. The summed E-state index contributed by atoms with van der Waals surface area (Å²) in [6.07, 6.45) is 2.57. The number of β-lactam (4-membered cyclic amide) rings is 1. The number of thioether (sulfide) groups is 1. The van der Waals surface area contributed by atoms with Gasteiger partial charge in [-0.2, -0.15) is 0 Å². The van der Waals surface area contributed by atoms with E-state index in [0.717, 1.165) is 11.1 Å². The van der Waals surface area contributed by atoms with Crippen LogP contribution in [0, 0.1) is 0 Å². The minimum absolute atomic E-state index is 0.00794. The van der Waals surface area contributed by atoms with E-state index < -0.39 is 23.5 Å². The lowest BCUT2D eigenvalue weighted by Crippen LogP contribution is -2.70. The standard InChI is InChI=1S/C30H24N4O5S2/c35-22-12-7-14-31-24(22)27-32-20(17-41-27)16-23(36)33-25-28(37)34-21(13-15-40-29(25)34)30(38)39-26(18-8-3-1-4-9-18)19-10-5-2-6-11-19/h1-14,17,25-26,29,35H,15-16H2,(H,33,36)/t25-,29-/m1/s1. The van der Waals surface area contributed by atoms with Crippen molar-refractivity contribution in [2.24, 2.45) is 0 Å². The van der Waals surface area contributed by atoms with Crippen LogP contribution in [0.15, 0.2) is 96.1 Å². The van der Waals surface area contributed by atoms with Gasteiger partial charge >= 0.3 is 5.97 Å². The highest BCUT2D eigenvalue weighted by molar-refractivity contribution is 8.00. The van der Waals surface area contributed by atoms with Gasteiger partial charge in [-0.05, 0) is 29.3 Å². The molecule has 1 fully saturated rings. The molecule has 2 atom stereocenters. The quantitative estimate of drug-likeness (QED) is 0.235. The van der Waals surface area contributed by atoms with Gasteiger partial charge in [0.05, 0.1) is 12.1 Å². The lowest BCUT2D eigenvalue weighted by atomic mass is 10.0. The second-order valence-corrected chi connectivity index (χ2v) is 11.4. The summed E-state index contributed by atoms with van der Waals surface area (Å²) in [7, 11) is 0. The number of aromatic hydroxyl groups is 1. The second kappa shape index (κ2) is 11.6. The van der Waals surface area contributed by atoms with Crippen molar-refractivity contribution in [3.63, 3.8) is 0 Å². The molecule has 206 valence electrons. The van der Waals surface area contributed by atoms with Gasteiger partial charge in [0, 0.05) is 17.3 Å². The zero-order valence-electron chi connectivity index (χ0n) is 21.5. The molecular formula is C30H24N4O5S2. The number of fused-ring (bicyclic) bond motifs is 1. The maximum absolute atomic E-state index is 13.4. The van der Waals surface area contributed by atoms with E-state index in [1.165, 1.54) is 34.1 Å². The van der Waals surface area contributed by atoms with Crippen LogP contribution in [0.1, 0.15) is 22.9 Å². The van der Waals surface area contributed by atoms with Gasteiger partial charge in [-0.15, -0.1) is 23.1 Å². The number of hydrogen-bond acceptors (Lipinski definition) is 9. The van der Waals surface area contributed by atoms with Crippen molar-refractivity contribution >= 4 is 40.9 Å². The summed E-state index contributed by atoms with van der Waals surface area (Å²) in [5.41, 5.74) is 2.67. The topological polar surface area (TPSA) is 122 Å². The molecule has 0 saturated carbocycles. The van der Waals surface area contributed by atoms with Gasteiger partial charge in [0.2, 0.25) is 5.91 Å². The highest BCUT2D eigenvalue weighted by Crippen LogP contribution is 2.39. The van der Waals surface area contributed by atoms with E-state index in [2.05, 4.69) is 15.3 Å². The largest absolute Gasteiger partial charge is 0.506 e. The molecule has 0 bridgehead atoms. The van der Waals surface area contributed by atoms with Crippen LogP contribution < -0.4 is 5.32 Å². The summed E-state index contributed by atoms with van der Waals surface area (Å²) in [6, 6.07) is 21.3. The number of benzene rings is 2. The molecule has 2 N–H and O–H groups in total. The van der Waals surface area contributed by atoms with Gasteiger partial charge in [-0.25, -0.2) is 14.8 Å². The molecule has 2 amide bonds. The van der Waals surface area contributed by atoms with E-state index in [1.807, 2.05) is 60.7 Å². The number of carbonyl (C=O) groups excluding carboxylic acids is 3. The fourth-order valence-electron chi connectivity index (χ4n) is 4.73. The molecule has 2 aliphatic heterocycles. The third kappa shape index (κ3) is 5.46. The first-order valence-electron chi connectivity index (χ1n) is 12.8. The number of ether oxygens (including phenoxy) is 1. The fourth-order valence-corrected chi connectivity index (χ4v) is 6.75. The molecule has 6 rings (SSSR count). The zero-order chi connectivity index (χ0) is 28.3. The van der Waals surface area contributed by atoms with Gasteiger partial charge in [0.25, 0.3) is 5.91 Å². The molecule has 2 aromatic carbocycles. The van der Waals surface area contributed by atoms with E-state index in [9.17, 15) is 19.5 Å². The molecule has 11 heteroatoms. The van der Waals surface area contributed by atoms with E-state index in [4.69, 9.17) is 4.74 Å². The van der Waals surface area contributed by atoms with E-state index in [-0.39, 0.29) is 29.7 Å². The molecule has 0 radical (unpaired) electrons. The van der Waals surface area contributed by atoms with Gasteiger partial charge in [0.1, 0.15) is 33.6 Å². The minimum Gasteiger partial charge on any atom is -0.506 e. The van der Waals surface area contributed by atoms with Gasteiger partial charge in [0.15, 0.2) is 6.10 Å². The van der Waals surface area contributed by atoms with Gasteiger partial charge in [-0.1, -0.05) is 60.7 Å². The predicted octanol–water partition coefficient (Wildman–Crippen LogP) is 4.07. The van der Waals surface area contributed by atoms with Crippen LogP contribution in [0.5, 0.6) is 5.75 Å². The van der Waals surface area contributed by atoms with Gasteiger partial charge < -0.3 is 15.2 Å². The van der Waals surface area contributed by atoms with Crippen molar-refractivity contribution in [2.45, 2.75) is 23.9 Å². The Morgan fingerprint density at radius 2 is 1.76 bits per heavy atom. The first kappa shape index (κ1) is 26.7. The smallest absolute Gasteiger partial charge is 0.355 e. The third-order valence-corrected chi connectivity index (χ3v) is 8.77. The van der Waals surface area contributed by atoms with E-state index >= 15 is 0 Å². The first-order chi connectivity index (χ1) is 20.0. The molecule has 0 unspecified atom stereocenters. The van der Waals surface area contributed by atoms with Crippen molar-refractivity contribution in [3.05, 3.63) is 113 Å². The van der Waals surface area contributed by atoms with Crippen LogP contribution in [0.4, 0.5) is 0 Å². The van der Waals surface area contributed by atoms with Crippen LogP contribution in [0.2, 0.25) is 0 Å². The fraction of sp³-hybridized carbons (Fsp3) is 0.167. The van der Waals surface area contributed by atoms with Crippen molar-refractivity contribution in [3.8, 4) is 16.5 Å². The summed E-state index contributed by atoms with van der Waals surface area (Å²) >= 11 is 2.73. The number of rotatable bonds is 8. The van der Waals surface area contributed by atoms with Crippen LogP contribution >= 0.6 is 23.1 Å². The Labute approximate surface area is 243 Å². The first-order valence-corrected chi connectivity index (χ1v) is 14.8. The number of nitrogens with zero attached hydrogens (tertiary/aromatic N) is 3.